The normalized spacial score (nSPS) is 10.3. The maximum atomic E-state index is 12.3. The van der Waals surface area contributed by atoms with Gasteiger partial charge < -0.3 is 14.8 Å². The average Bonchev–Trinajstić information content (AvgIpc) is 3.10. The summed E-state index contributed by atoms with van der Waals surface area (Å²) in [7, 11) is 2.49. The highest BCUT2D eigenvalue weighted by Gasteiger charge is 2.27. The Morgan fingerprint density at radius 1 is 1.09 bits per heavy atom. The first kappa shape index (κ1) is 17.6. The van der Waals surface area contributed by atoms with Gasteiger partial charge >= 0.3 is 11.9 Å². The largest absolute Gasteiger partial charge is 0.465 e. The fraction of sp³-hybridized carbons (Fsp3) is 0.214. The molecule has 0 unspecified atom stereocenters. The zero-order chi connectivity index (χ0) is 17.1. The quantitative estimate of drug-likeness (QED) is 0.766. The molecule has 9 heteroatoms. The van der Waals surface area contributed by atoms with Gasteiger partial charge in [0.1, 0.15) is 9.88 Å². The summed E-state index contributed by atoms with van der Waals surface area (Å²) in [5.74, 6) is -1.57. The van der Waals surface area contributed by atoms with Crippen LogP contribution in [-0.4, -0.2) is 32.1 Å². The minimum Gasteiger partial charge on any atom is -0.465 e. The summed E-state index contributed by atoms with van der Waals surface area (Å²) < 4.78 is 10.2. The van der Waals surface area contributed by atoms with Crippen molar-refractivity contribution in [3.63, 3.8) is 0 Å². The standard InChI is InChI=1S/C14H12BrNO5S2/c1-6-9(13(18)20-2)12(23-10(6)14(19)21-3)16-11(17)7-4-5-8(15)22-7/h4-5H,1-3H3,(H,16,17). The van der Waals surface area contributed by atoms with Crippen molar-refractivity contribution in [2.24, 2.45) is 0 Å². The van der Waals surface area contributed by atoms with Crippen LogP contribution in [-0.2, 0) is 9.47 Å². The summed E-state index contributed by atoms with van der Waals surface area (Å²) in [4.78, 5) is 36.8. The van der Waals surface area contributed by atoms with Gasteiger partial charge in [0.25, 0.3) is 5.91 Å². The van der Waals surface area contributed by atoms with Gasteiger partial charge in [-0.3, -0.25) is 4.79 Å². The molecule has 0 spiro atoms. The van der Waals surface area contributed by atoms with Crippen LogP contribution in [0.25, 0.3) is 0 Å². The molecule has 0 saturated carbocycles. The monoisotopic (exact) mass is 417 g/mol. The Balaban J connectivity index is 2.42. The Morgan fingerprint density at radius 2 is 1.74 bits per heavy atom. The maximum absolute atomic E-state index is 12.3. The van der Waals surface area contributed by atoms with Crippen LogP contribution in [0.1, 0.15) is 35.3 Å². The van der Waals surface area contributed by atoms with Gasteiger partial charge in [-0.05, 0) is 40.5 Å². The van der Waals surface area contributed by atoms with Crippen molar-refractivity contribution in [3.8, 4) is 0 Å². The molecule has 0 atom stereocenters. The number of anilines is 1. The van der Waals surface area contributed by atoms with E-state index in [1.54, 1.807) is 19.1 Å². The number of carbonyl (C=O) groups is 3. The molecule has 0 radical (unpaired) electrons. The van der Waals surface area contributed by atoms with Gasteiger partial charge in [0.05, 0.1) is 28.4 Å². The molecule has 122 valence electrons. The number of ether oxygens (including phenoxy) is 2. The number of carbonyl (C=O) groups excluding carboxylic acids is 3. The molecule has 2 heterocycles. The minimum absolute atomic E-state index is 0.155. The molecule has 0 aliphatic carbocycles. The predicted molar refractivity (Wildman–Crippen MR) is 91.7 cm³/mol. The Morgan fingerprint density at radius 3 is 2.26 bits per heavy atom. The predicted octanol–water partition coefficient (Wildman–Crippen LogP) is 3.71. The van der Waals surface area contributed by atoms with Gasteiger partial charge in [0, 0.05) is 0 Å². The van der Waals surface area contributed by atoms with E-state index < -0.39 is 11.9 Å². The van der Waals surface area contributed by atoms with E-state index in [-0.39, 0.29) is 21.3 Å². The molecule has 0 saturated heterocycles. The van der Waals surface area contributed by atoms with Crippen LogP contribution < -0.4 is 5.32 Å². The van der Waals surface area contributed by atoms with Crippen molar-refractivity contribution in [2.75, 3.05) is 19.5 Å². The van der Waals surface area contributed by atoms with Crippen LogP contribution in [0.5, 0.6) is 0 Å². The molecule has 0 aliphatic rings. The fourth-order valence-electron chi connectivity index (χ4n) is 1.84. The van der Waals surface area contributed by atoms with E-state index in [9.17, 15) is 14.4 Å². The summed E-state index contributed by atoms with van der Waals surface area (Å²) in [6, 6.07) is 3.41. The first-order valence-corrected chi connectivity index (χ1v) is 8.68. The lowest BCUT2D eigenvalue weighted by molar-refractivity contribution is 0.0601. The number of thiophene rings is 2. The van der Waals surface area contributed by atoms with Gasteiger partial charge in [-0.15, -0.1) is 22.7 Å². The van der Waals surface area contributed by atoms with Crippen molar-refractivity contribution >= 4 is 61.5 Å². The molecule has 0 aliphatic heterocycles. The maximum Gasteiger partial charge on any atom is 0.348 e. The van der Waals surface area contributed by atoms with Crippen molar-refractivity contribution < 1.29 is 23.9 Å². The van der Waals surface area contributed by atoms with Gasteiger partial charge in [-0.25, -0.2) is 9.59 Å². The lowest BCUT2D eigenvalue weighted by Crippen LogP contribution is -2.13. The van der Waals surface area contributed by atoms with Gasteiger partial charge in [-0.1, -0.05) is 0 Å². The minimum atomic E-state index is -0.628. The van der Waals surface area contributed by atoms with E-state index in [1.807, 2.05) is 0 Å². The Bertz CT molecular complexity index is 780. The van der Waals surface area contributed by atoms with Crippen LogP contribution in [0.3, 0.4) is 0 Å². The number of hydrogen-bond donors (Lipinski definition) is 1. The zero-order valence-electron chi connectivity index (χ0n) is 12.4. The number of halogens is 1. The average molecular weight is 418 g/mol. The van der Waals surface area contributed by atoms with Crippen LogP contribution in [0.4, 0.5) is 5.00 Å². The first-order chi connectivity index (χ1) is 10.9. The summed E-state index contributed by atoms with van der Waals surface area (Å²) in [5, 5.41) is 2.91. The van der Waals surface area contributed by atoms with Crippen LogP contribution in [0.2, 0.25) is 0 Å². The topological polar surface area (TPSA) is 81.7 Å². The SMILES string of the molecule is COC(=O)c1sc(NC(=O)c2ccc(Br)s2)c(C(=O)OC)c1C. The molecule has 0 bridgehead atoms. The smallest absolute Gasteiger partial charge is 0.348 e. The van der Waals surface area contributed by atoms with Gasteiger partial charge in [0.15, 0.2) is 0 Å². The number of hydrogen-bond acceptors (Lipinski definition) is 7. The molecule has 2 rings (SSSR count). The second-order valence-electron chi connectivity index (χ2n) is 4.30. The van der Waals surface area contributed by atoms with Gasteiger partial charge in [-0.2, -0.15) is 0 Å². The summed E-state index contributed by atoms with van der Waals surface area (Å²) >= 11 is 5.52. The summed E-state index contributed by atoms with van der Waals surface area (Å²) in [5.41, 5.74) is 0.568. The Labute approximate surface area is 148 Å². The molecule has 0 aromatic carbocycles. The highest BCUT2D eigenvalue weighted by atomic mass is 79.9. The van der Waals surface area contributed by atoms with E-state index in [0.717, 1.165) is 15.1 Å². The van der Waals surface area contributed by atoms with E-state index >= 15 is 0 Å². The lowest BCUT2D eigenvalue weighted by atomic mass is 10.1. The molecular formula is C14H12BrNO5S2. The summed E-state index contributed by atoms with van der Waals surface area (Å²) in [6.07, 6.45) is 0. The lowest BCUT2D eigenvalue weighted by Gasteiger charge is -2.04. The summed E-state index contributed by atoms with van der Waals surface area (Å²) in [6.45, 7) is 1.60. The van der Waals surface area contributed by atoms with E-state index in [2.05, 4.69) is 21.2 Å². The number of methoxy groups -OCH3 is 2. The van der Waals surface area contributed by atoms with Crippen molar-refractivity contribution in [3.05, 3.63) is 36.8 Å². The van der Waals surface area contributed by atoms with Crippen LogP contribution in [0.15, 0.2) is 15.9 Å². The highest BCUT2D eigenvalue weighted by molar-refractivity contribution is 9.11. The van der Waals surface area contributed by atoms with Crippen molar-refractivity contribution in [1.29, 1.82) is 0 Å². The number of esters is 2. The van der Waals surface area contributed by atoms with Crippen LogP contribution in [0, 0.1) is 6.92 Å². The highest BCUT2D eigenvalue weighted by Crippen LogP contribution is 2.35. The third-order valence-electron chi connectivity index (χ3n) is 2.93. The molecular weight excluding hydrogens is 406 g/mol. The third-order valence-corrected chi connectivity index (χ3v) is 5.74. The van der Waals surface area contributed by atoms with Crippen molar-refractivity contribution in [1.82, 2.24) is 0 Å². The number of amides is 1. The fourth-order valence-corrected chi connectivity index (χ4v) is 4.23. The molecule has 1 amide bonds. The first-order valence-electron chi connectivity index (χ1n) is 6.25. The van der Waals surface area contributed by atoms with E-state index in [1.165, 1.54) is 25.6 Å². The molecule has 2 aromatic rings. The molecule has 0 fully saturated rings. The second-order valence-corrected chi connectivity index (χ2v) is 7.78. The number of nitrogens with one attached hydrogen (secondary N) is 1. The molecule has 6 nitrogen and oxygen atoms in total. The van der Waals surface area contributed by atoms with E-state index in [0.29, 0.717) is 10.4 Å². The van der Waals surface area contributed by atoms with E-state index in [4.69, 9.17) is 9.47 Å². The third kappa shape index (κ3) is 3.62. The van der Waals surface area contributed by atoms with Crippen molar-refractivity contribution in [2.45, 2.75) is 6.92 Å². The zero-order valence-corrected chi connectivity index (χ0v) is 15.6. The molecule has 1 N–H and O–H groups in total. The second kappa shape index (κ2) is 7.24. The Kier molecular flexibility index (Phi) is 5.55. The van der Waals surface area contributed by atoms with Crippen LogP contribution >= 0.6 is 38.6 Å². The Hall–Kier alpha value is -1.71. The number of rotatable bonds is 4. The van der Waals surface area contributed by atoms with Gasteiger partial charge in [0.2, 0.25) is 0 Å². The molecule has 23 heavy (non-hydrogen) atoms. The molecule has 2 aromatic heterocycles.